The molecule has 0 radical (unpaired) electrons. The fraction of sp³-hybridized carbons (Fsp3) is 0.0952. The predicted molar refractivity (Wildman–Crippen MR) is 110 cm³/mol. The van der Waals surface area contributed by atoms with Crippen LogP contribution in [0.5, 0.6) is 5.75 Å². The summed E-state index contributed by atoms with van der Waals surface area (Å²) in [4.78, 5) is 13.1. The third-order valence-corrected chi connectivity index (χ3v) is 4.50. The Labute approximate surface area is 165 Å². The number of rotatable bonds is 6. The molecular formula is C21H17BrN4O. The molecule has 4 aromatic rings. The number of hydrogen-bond donors (Lipinski definition) is 1. The lowest BCUT2D eigenvalue weighted by Crippen LogP contribution is -2.02. The van der Waals surface area contributed by atoms with Gasteiger partial charge < -0.3 is 10.1 Å². The van der Waals surface area contributed by atoms with E-state index in [4.69, 9.17) is 4.74 Å². The monoisotopic (exact) mass is 420 g/mol. The van der Waals surface area contributed by atoms with Gasteiger partial charge in [0.2, 0.25) is 0 Å². The Hall–Kier alpha value is -2.99. The van der Waals surface area contributed by atoms with Crippen LogP contribution in [0.3, 0.4) is 0 Å². The lowest BCUT2D eigenvalue weighted by Gasteiger charge is -2.10. The van der Waals surface area contributed by atoms with E-state index >= 15 is 0 Å². The SMILES string of the molecule is Brc1cnc2c(NCc3ccc(OCc4ccccn4)cc3)ccnc2c1. The van der Waals surface area contributed by atoms with Crippen LogP contribution in [0.2, 0.25) is 0 Å². The van der Waals surface area contributed by atoms with Gasteiger partial charge >= 0.3 is 0 Å². The number of hydrogen-bond acceptors (Lipinski definition) is 5. The number of ether oxygens (including phenoxy) is 1. The average Bonchev–Trinajstić information content (AvgIpc) is 2.72. The molecule has 0 aliphatic carbocycles. The molecule has 4 rings (SSSR count). The molecule has 1 aromatic carbocycles. The summed E-state index contributed by atoms with van der Waals surface area (Å²) >= 11 is 3.43. The zero-order chi connectivity index (χ0) is 18.5. The zero-order valence-corrected chi connectivity index (χ0v) is 16.1. The summed E-state index contributed by atoms with van der Waals surface area (Å²) < 4.78 is 6.69. The molecule has 0 amide bonds. The van der Waals surface area contributed by atoms with Gasteiger partial charge in [-0.15, -0.1) is 0 Å². The first kappa shape index (κ1) is 17.4. The van der Waals surface area contributed by atoms with Crippen molar-refractivity contribution in [2.75, 3.05) is 5.32 Å². The molecule has 3 heterocycles. The molecule has 0 fully saturated rings. The first-order valence-corrected chi connectivity index (χ1v) is 9.33. The maximum atomic E-state index is 5.77. The zero-order valence-electron chi connectivity index (χ0n) is 14.5. The fourth-order valence-corrected chi connectivity index (χ4v) is 3.01. The van der Waals surface area contributed by atoms with Gasteiger partial charge in [0, 0.05) is 29.6 Å². The number of benzene rings is 1. The highest BCUT2D eigenvalue weighted by molar-refractivity contribution is 9.10. The largest absolute Gasteiger partial charge is 0.487 e. The molecular weight excluding hydrogens is 404 g/mol. The third-order valence-electron chi connectivity index (χ3n) is 4.06. The highest BCUT2D eigenvalue weighted by Gasteiger charge is 2.04. The number of pyridine rings is 3. The lowest BCUT2D eigenvalue weighted by atomic mass is 10.2. The molecule has 1 N–H and O–H groups in total. The third kappa shape index (κ3) is 4.41. The van der Waals surface area contributed by atoms with Gasteiger partial charge in [0.05, 0.1) is 16.9 Å². The standard InChI is InChI=1S/C21H17BrN4O/c22-16-11-20-21(26-13-16)19(8-10-24-20)25-12-15-4-6-18(7-5-15)27-14-17-3-1-2-9-23-17/h1-11,13H,12,14H2,(H,24,25). The number of nitrogens with one attached hydrogen (secondary N) is 1. The number of fused-ring (bicyclic) bond motifs is 1. The number of anilines is 1. The van der Waals surface area contributed by atoms with E-state index in [0.717, 1.165) is 38.2 Å². The van der Waals surface area contributed by atoms with Crippen molar-refractivity contribution in [3.05, 3.63) is 88.9 Å². The maximum Gasteiger partial charge on any atom is 0.130 e. The lowest BCUT2D eigenvalue weighted by molar-refractivity contribution is 0.301. The van der Waals surface area contributed by atoms with Crippen LogP contribution >= 0.6 is 15.9 Å². The van der Waals surface area contributed by atoms with Crippen molar-refractivity contribution in [3.8, 4) is 5.75 Å². The Morgan fingerprint density at radius 1 is 0.926 bits per heavy atom. The van der Waals surface area contributed by atoms with Gasteiger partial charge in [0.1, 0.15) is 17.9 Å². The summed E-state index contributed by atoms with van der Waals surface area (Å²) in [6.07, 6.45) is 5.33. The summed E-state index contributed by atoms with van der Waals surface area (Å²) in [7, 11) is 0. The molecule has 0 saturated carbocycles. The Bertz CT molecular complexity index is 1040. The summed E-state index contributed by atoms with van der Waals surface area (Å²) in [5, 5.41) is 3.43. The van der Waals surface area contributed by atoms with Crippen molar-refractivity contribution in [2.45, 2.75) is 13.2 Å². The van der Waals surface area contributed by atoms with Crippen molar-refractivity contribution in [1.29, 1.82) is 0 Å². The molecule has 0 spiro atoms. The average molecular weight is 421 g/mol. The summed E-state index contributed by atoms with van der Waals surface area (Å²) in [6.45, 7) is 1.15. The molecule has 134 valence electrons. The first-order valence-electron chi connectivity index (χ1n) is 8.54. The van der Waals surface area contributed by atoms with Gasteiger partial charge in [0.15, 0.2) is 0 Å². The normalized spacial score (nSPS) is 10.7. The Morgan fingerprint density at radius 2 is 1.81 bits per heavy atom. The van der Waals surface area contributed by atoms with Crippen molar-refractivity contribution < 1.29 is 4.74 Å². The van der Waals surface area contributed by atoms with Crippen LogP contribution in [0.1, 0.15) is 11.3 Å². The van der Waals surface area contributed by atoms with E-state index in [1.165, 1.54) is 0 Å². The Balaban J connectivity index is 1.39. The number of aromatic nitrogens is 3. The van der Waals surface area contributed by atoms with Crippen molar-refractivity contribution in [2.24, 2.45) is 0 Å². The number of halogens is 1. The Morgan fingerprint density at radius 3 is 2.63 bits per heavy atom. The van der Waals surface area contributed by atoms with Crippen LogP contribution < -0.4 is 10.1 Å². The minimum atomic E-state index is 0.461. The molecule has 3 aromatic heterocycles. The van der Waals surface area contributed by atoms with Crippen LogP contribution in [0.15, 0.2) is 77.7 Å². The van der Waals surface area contributed by atoms with Gasteiger partial charge in [-0.3, -0.25) is 15.0 Å². The molecule has 0 aliphatic heterocycles. The van der Waals surface area contributed by atoms with Gasteiger partial charge in [-0.05, 0) is 57.9 Å². The fourth-order valence-electron chi connectivity index (χ4n) is 2.69. The van der Waals surface area contributed by atoms with Crippen LogP contribution in [-0.4, -0.2) is 15.0 Å². The topological polar surface area (TPSA) is 59.9 Å². The summed E-state index contributed by atoms with van der Waals surface area (Å²) in [5.41, 5.74) is 4.74. The van der Waals surface area contributed by atoms with Gasteiger partial charge in [-0.2, -0.15) is 0 Å². The molecule has 0 unspecified atom stereocenters. The van der Waals surface area contributed by atoms with E-state index in [1.54, 1.807) is 18.6 Å². The minimum Gasteiger partial charge on any atom is -0.487 e. The number of nitrogens with zero attached hydrogens (tertiary/aromatic N) is 3. The van der Waals surface area contributed by atoms with E-state index in [2.05, 4.69) is 36.2 Å². The van der Waals surface area contributed by atoms with Crippen LogP contribution in [0.25, 0.3) is 11.0 Å². The highest BCUT2D eigenvalue weighted by atomic mass is 79.9. The highest BCUT2D eigenvalue weighted by Crippen LogP contribution is 2.23. The van der Waals surface area contributed by atoms with Crippen molar-refractivity contribution >= 4 is 32.7 Å². The van der Waals surface area contributed by atoms with Crippen molar-refractivity contribution in [1.82, 2.24) is 15.0 Å². The van der Waals surface area contributed by atoms with Gasteiger partial charge in [-0.25, -0.2) is 0 Å². The van der Waals surface area contributed by atoms with E-state index in [9.17, 15) is 0 Å². The molecule has 27 heavy (non-hydrogen) atoms. The summed E-state index contributed by atoms with van der Waals surface area (Å²) in [5.74, 6) is 0.824. The molecule has 0 saturated heterocycles. The van der Waals surface area contributed by atoms with Crippen LogP contribution in [0.4, 0.5) is 5.69 Å². The second-order valence-corrected chi connectivity index (χ2v) is 6.90. The smallest absolute Gasteiger partial charge is 0.130 e. The van der Waals surface area contributed by atoms with Crippen LogP contribution in [0, 0.1) is 0 Å². The second-order valence-electron chi connectivity index (χ2n) is 5.99. The van der Waals surface area contributed by atoms with Gasteiger partial charge in [-0.1, -0.05) is 18.2 Å². The predicted octanol–water partition coefficient (Wildman–Crippen LogP) is 4.98. The van der Waals surface area contributed by atoms with E-state index in [0.29, 0.717) is 13.2 Å². The molecule has 0 aliphatic rings. The summed E-state index contributed by atoms with van der Waals surface area (Å²) in [6, 6.07) is 17.7. The Kier molecular flexibility index (Phi) is 5.25. The van der Waals surface area contributed by atoms with Gasteiger partial charge in [0.25, 0.3) is 0 Å². The molecule has 5 nitrogen and oxygen atoms in total. The second kappa shape index (κ2) is 8.14. The molecule has 6 heteroatoms. The maximum absolute atomic E-state index is 5.77. The van der Waals surface area contributed by atoms with E-state index in [-0.39, 0.29) is 0 Å². The van der Waals surface area contributed by atoms with E-state index < -0.39 is 0 Å². The van der Waals surface area contributed by atoms with Crippen molar-refractivity contribution in [3.63, 3.8) is 0 Å². The minimum absolute atomic E-state index is 0.461. The molecule has 0 bridgehead atoms. The quantitative estimate of drug-likeness (QED) is 0.476. The molecule has 0 atom stereocenters. The van der Waals surface area contributed by atoms with E-state index in [1.807, 2.05) is 54.6 Å². The van der Waals surface area contributed by atoms with Crippen LogP contribution in [-0.2, 0) is 13.2 Å². The first-order chi connectivity index (χ1) is 13.3.